The largest absolute Gasteiger partial charge is 0.372 e. The van der Waals surface area contributed by atoms with Crippen molar-refractivity contribution >= 4 is 0 Å². The summed E-state index contributed by atoms with van der Waals surface area (Å²) in [4.78, 5) is 0. The Morgan fingerprint density at radius 2 is 2.36 bits per heavy atom. The zero-order valence-electron chi connectivity index (χ0n) is 7.02. The van der Waals surface area contributed by atoms with Gasteiger partial charge >= 0.3 is 0 Å². The number of hydrogen-bond acceptors (Lipinski definition) is 1. The van der Waals surface area contributed by atoms with Crippen LogP contribution in [0, 0.1) is 0 Å². The first-order chi connectivity index (χ1) is 5.24. The second kappa shape index (κ2) is 3.54. The van der Waals surface area contributed by atoms with E-state index in [2.05, 4.69) is 26.2 Å². The van der Waals surface area contributed by atoms with E-state index in [4.69, 9.17) is 4.74 Å². The average molecular weight is 150 g/mol. The lowest BCUT2D eigenvalue weighted by Gasteiger charge is -1.96. The Labute approximate surface area is 68.1 Å². The lowest BCUT2D eigenvalue weighted by molar-refractivity contribution is 0.215. The Balaban J connectivity index is 2.65. The van der Waals surface area contributed by atoms with Gasteiger partial charge in [-0.1, -0.05) is 31.7 Å². The number of ether oxygens (including phenoxy) is 1. The van der Waals surface area contributed by atoms with Crippen molar-refractivity contribution < 1.29 is 4.74 Å². The van der Waals surface area contributed by atoms with Crippen LogP contribution in [-0.4, -0.2) is 13.2 Å². The van der Waals surface area contributed by atoms with Crippen molar-refractivity contribution in [2.45, 2.75) is 13.3 Å². The summed E-state index contributed by atoms with van der Waals surface area (Å²) in [6.07, 6.45) is 3.08. The molecule has 0 N–H and O–H groups in total. The van der Waals surface area contributed by atoms with E-state index in [0.717, 1.165) is 17.6 Å². The van der Waals surface area contributed by atoms with Gasteiger partial charge in [0.25, 0.3) is 0 Å². The fourth-order valence-electron chi connectivity index (χ4n) is 0.971. The summed E-state index contributed by atoms with van der Waals surface area (Å²) in [7, 11) is 0. The normalized spacial score (nSPS) is 21.2. The molecule has 1 rings (SSSR count). The highest BCUT2D eigenvalue weighted by Crippen LogP contribution is 2.18. The first kappa shape index (κ1) is 8.28. The minimum atomic E-state index is 0.683. The molecule has 1 saturated heterocycles. The van der Waals surface area contributed by atoms with E-state index in [0.29, 0.717) is 13.2 Å². The van der Waals surface area contributed by atoms with Gasteiger partial charge in [0.2, 0.25) is 0 Å². The van der Waals surface area contributed by atoms with Crippen molar-refractivity contribution in [1.29, 1.82) is 0 Å². The highest BCUT2D eigenvalue weighted by molar-refractivity contribution is 5.37. The smallest absolute Gasteiger partial charge is 0.0724 e. The van der Waals surface area contributed by atoms with Gasteiger partial charge < -0.3 is 4.74 Å². The maximum Gasteiger partial charge on any atom is 0.0724 e. The second-order valence-corrected chi connectivity index (χ2v) is 2.78. The molecule has 11 heavy (non-hydrogen) atoms. The van der Waals surface area contributed by atoms with Crippen molar-refractivity contribution in [2.24, 2.45) is 0 Å². The third-order valence-corrected chi connectivity index (χ3v) is 1.82. The van der Waals surface area contributed by atoms with Crippen LogP contribution in [0.15, 0.2) is 36.0 Å². The van der Waals surface area contributed by atoms with Gasteiger partial charge in [0, 0.05) is 0 Å². The van der Waals surface area contributed by atoms with Crippen LogP contribution in [0.1, 0.15) is 13.3 Å². The molecule has 1 fully saturated rings. The van der Waals surface area contributed by atoms with Gasteiger partial charge in [0.1, 0.15) is 0 Å². The van der Waals surface area contributed by atoms with Crippen molar-refractivity contribution in [2.75, 3.05) is 13.2 Å². The molecule has 0 aromatic heterocycles. The average Bonchev–Trinajstić information content (AvgIpc) is 2.37. The van der Waals surface area contributed by atoms with E-state index in [9.17, 15) is 0 Å². The minimum Gasteiger partial charge on any atom is -0.372 e. The third-order valence-electron chi connectivity index (χ3n) is 1.82. The maximum atomic E-state index is 5.21. The molecule has 0 atom stereocenters. The van der Waals surface area contributed by atoms with Crippen LogP contribution in [0.3, 0.4) is 0 Å². The van der Waals surface area contributed by atoms with E-state index in [1.165, 1.54) is 5.57 Å². The van der Waals surface area contributed by atoms with Gasteiger partial charge in [0.15, 0.2) is 0 Å². The van der Waals surface area contributed by atoms with E-state index >= 15 is 0 Å². The highest BCUT2D eigenvalue weighted by atomic mass is 16.5. The lowest BCUT2D eigenvalue weighted by Crippen LogP contribution is -1.84. The monoisotopic (exact) mass is 150 g/mol. The molecule has 1 aliphatic heterocycles. The van der Waals surface area contributed by atoms with Crippen molar-refractivity contribution in [3.63, 3.8) is 0 Å². The van der Waals surface area contributed by atoms with E-state index in [-0.39, 0.29) is 0 Å². The highest BCUT2D eigenvalue weighted by Gasteiger charge is 2.10. The Hall–Kier alpha value is -0.820. The Kier molecular flexibility index (Phi) is 2.66. The first-order valence-electron chi connectivity index (χ1n) is 3.88. The summed E-state index contributed by atoms with van der Waals surface area (Å²) in [5, 5.41) is 0. The molecule has 60 valence electrons. The quantitative estimate of drug-likeness (QED) is 0.587. The molecule has 1 heterocycles. The summed E-state index contributed by atoms with van der Waals surface area (Å²) in [6.45, 7) is 11.3. The summed E-state index contributed by atoms with van der Waals surface area (Å²) < 4.78 is 5.21. The summed E-state index contributed by atoms with van der Waals surface area (Å²) >= 11 is 0. The van der Waals surface area contributed by atoms with E-state index in [1.54, 1.807) is 0 Å². The molecule has 1 nitrogen and oxygen atoms in total. The van der Waals surface area contributed by atoms with Crippen LogP contribution in [0.4, 0.5) is 0 Å². The van der Waals surface area contributed by atoms with Crippen molar-refractivity contribution in [1.82, 2.24) is 0 Å². The molecule has 1 heteroatoms. The lowest BCUT2D eigenvalue weighted by atomic mass is 10.1. The topological polar surface area (TPSA) is 9.23 Å². The zero-order valence-corrected chi connectivity index (χ0v) is 7.02. The fraction of sp³-hybridized carbons (Fsp3) is 0.400. The van der Waals surface area contributed by atoms with Crippen LogP contribution in [0.25, 0.3) is 0 Å². The molecule has 0 aromatic carbocycles. The predicted molar refractivity (Wildman–Crippen MR) is 47.5 cm³/mol. The van der Waals surface area contributed by atoms with Gasteiger partial charge in [-0.3, -0.25) is 0 Å². The standard InChI is InChI=1S/C10H14O/c1-4-8(2)5-10-7-11-6-9(10)3/h5H,2-4,6-7H2,1H3/b10-5-. The van der Waals surface area contributed by atoms with Crippen LogP contribution in [0.5, 0.6) is 0 Å². The van der Waals surface area contributed by atoms with Crippen LogP contribution >= 0.6 is 0 Å². The fourth-order valence-corrected chi connectivity index (χ4v) is 0.971. The molecular weight excluding hydrogens is 136 g/mol. The van der Waals surface area contributed by atoms with Crippen LogP contribution in [0.2, 0.25) is 0 Å². The molecule has 0 radical (unpaired) electrons. The molecule has 0 spiro atoms. The van der Waals surface area contributed by atoms with Gasteiger partial charge in [-0.05, 0) is 17.6 Å². The summed E-state index contributed by atoms with van der Waals surface area (Å²) in [5.74, 6) is 0. The molecule has 0 unspecified atom stereocenters. The number of allylic oxidation sites excluding steroid dienone is 2. The van der Waals surface area contributed by atoms with Gasteiger partial charge in [-0.15, -0.1) is 0 Å². The number of hydrogen-bond donors (Lipinski definition) is 0. The van der Waals surface area contributed by atoms with Crippen molar-refractivity contribution in [3.05, 3.63) is 36.0 Å². The van der Waals surface area contributed by atoms with Crippen LogP contribution in [-0.2, 0) is 4.74 Å². The summed E-state index contributed by atoms with van der Waals surface area (Å²) in [6, 6.07) is 0. The Morgan fingerprint density at radius 3 is 2.82 bits per heavy atom. The van der Waals surface area contributed by atoms with E-state index < -0.39 is 0 Å². The molecule has 0 bridgehead atoms. The van der Waals surface area contributed by atoms with Gasteiger partial charge in [-0.2, -0.15) is 0 Å². The summed E-state index contributed by atoms with van der Waals surface area (Å²) in [5.41, 5.74) is 3.45. The number of rotatable bonds is 2. The zero-order chi connectivity index (χ0) is 8.27. The van der Waals surface area contributed by atoms with Crippen LogP contribution < -0.4 is 0 Å². The molecule has 0 saturated carbocycles. The Bertz CT molecular complexity index is 211. The molecular formula is C10H14O. The van der Waals surface area contributed by atoms with E-state index in [1.807, 2.05) is 0 Å². The molecule has 1 aliphatic rings. The molecule has 0 amide bonds. The van der Waals surface area contributed by atoms with Gasteiger partial charge in [0.05, 0.1) is 13.2 Å². The molecule has 0 aromatic rings. The Morgan fingerprint density at radius 1 is 1.64 bits per heavy atom. The third kappa shape index (κ3) is 2.05. The SMILES string of the molecule is C=C(/C=C1/COCC1=C)CC. The molecule has 0 aliphatic carbocycles. The first-order valence-corrected chi connectivity index (χ1v) is 3.88. The second-order valence-electron chi connectivity index (χ2n) is 2.78. The van der Waals surface area contributed by atoms with Crippen molar-refractivity contribution in [3.8, 4) is 0 Å². The predicted octanol–water partition coefficient (Wildman–Crippen LogP) is 2.47. The maximum absolute atomic E-state index is 5.21. The minimum absolute atomic E-state index is 0.683. The van der Waals surface area contributed by atoms with Gasteiger partial charge in [-0.25, -0.2) is 0 Å².